The molecule has 2 rings (SSSR count). The van der Waals surface area contributed by atoms with Crippen LogP contribution in [0, 0.1) is 0 Å². The number of nitrogens with zero attached hydrogens (tertiary/aromatic N) is 1. The third-order valence-corrected chi connectivity index (χ3v) is 3.51. The molecular formula is C17H21N3O5. The van der Waals surface area contributed by atoms with Crippen LogP contribution in [0.4, 0.5) is 0 Å². The third-order valence-electron chi connectivity index (χ3n) is 3.51. The molecule has 2 N–H and O–H groups in total. The number of aryl methyl sites for hydroxylation is 1. The number of fused-ring (bicyclic) bond motifs is 1. The largest absolute Gasteiger partial charge is 0.453 e. The van der Waals surface area contributed by atoms with Crippen LogP contribution in [0.3, 0.4) is 0 Å². The van der Waals surface area contributed by atoms with E-state index < -0.39 is 12.1 Å². The third kappa shape index (κ3) is 5.39. The molecule has 0 bridgehead atoms. The smallest absolute Gasteiger partial charge is 0.307 e. The molecule has 0 fully saturated rings. The van der Waals surface area contributed by atoms with Crippen molar-refractivity contribution in [2.75, 3.05) is 20.3 Å². The Morgan fingerprint density at radius 2 is 2.08 bits per heavy atom. The van der Waals surface area contributed by atoms with E-state index >= 15 is 0 Å². The molecule has 8 nitrogen and oxygen atoms in total. The fourth-order valence-corrected chi connectivity index (χ4v) is 2.20. The molecule has 0 aliphatic carbocycles. The predicted molar refractivity (Wildman–Crippen MR) is 91.1 cm³/mol. The van der Waals surface area contributed by atoms with E-state index in [1.807, 2.05) is 0 Å². The van der Waals surface area contributed by atoms with E-state index in [9.17, 15) is 14.4 Å². The number of aromatic nitrogens is 2. The van der Waals surface area contributed by atoms with Gasteiger partial charge in [0.1, 0.15) is 5.82 Å². The molecule has 0 aliphatic rings. The summed E-state index contributed by atoms with van der Waals surface area (Å²) >= 11 is 0. The lowest BCUT2D eigenvalue weighted by Gasteiger charge is -2.13. The maximum absolute atomic E-state index is 12.0. The SMILES string of the molecule is COCCNC(=O)[C@H](C)OC(=O)CCc1nc2ccccc2c(=O)[nH]1. The monoisotopic (exact) mass is 347 g/mol. The van der Waals surface area contributed by atoms with E-state index in [1.165, 1.54) is 14.0 Å². The highest BCUT2D eigenvalue weighted by atomic mass is 16.5. The van der Waals surface area contributed by atoms with Gasteiger partial charge in [-0.3, -0.25) is 14.4 Å². The van der Waals surface area contributed by atoms with Gasteiger partial charge in [0, 0.05) is 20.1 Å². The molecular weight excluding hydrogens is 326 g/mol. The Kier molecular flexibility index (Phi) is 6.64. The van der Waals surface area contributed by atoms with Gasteiger partial charge in [-0.15, -0.1) is 0 Å². The minimum atomic E-state index is -0.895. The number of ether oxygens (including phenoxy) is 2. The fourth-order valence-electron chi connectivity index (χ4n) is 2.20. The number of amides is 1. The molecule has 1 amide bonds. The van der Waals surface area contributed by atoms with E-state index in [-0.39, 0.29) is 24.3 Å². The van der Waals surface area contributed by atoms with Crippen molar-refractivity contribution in [3.05, 3.63) is 40.4 Å². The number of rotatable bonds is 8. The molecule has 0 saturated carbocycles. The molecule has 0 unspecified atom stereocenters. The molecule has 1 heterocycles. The van der Waals surface area contributed by atoms with Gasteiger partial charge in [-0.2, -0.15) is 0 Å². The van der Waals surface area contributed by atoms with E-state index in [2.05, 4.69) is 15.3 Å². The van der Waals surface area contributed by atoms with Gasteiger partial charge in [-0.1, -0.05) is 12.1 Å². The summed E-state index contributed by atoms with van der Waals surface area (Å²) in [4.78, 5) is 42.5. The van der Waals surface area contributed by atoms with Crippen LogP contribution < -0.4 is 10.9 Å². The second-order valence-corrected chi connectivity index (χ2v) is 5.45. The van der Waals surface area contributed by atoms with Crippen LogP contribution in [0.1, 0.15) is 19.2 Å². The zero-order chi connectivity index (χ0) is 18.2. The van der Waals surface area contributed by atoms with Crippen molar-refractivity contribution in [2.45, 2.75) is 25.9 Å². The lowest BCUT2D eigenvalue weighted by molar-refractivity contribution is -0.154. The van der Waals surface area contributed by atoms with Crippen LogP contribution >= 0.6 is 0 Å². The Bertz CT molecular complexity index is 802. The van der Waals surface area contributed by atoms with Gasteiger partial charge in [0.15, 0.2) is 6.10 Å². The summed E-state index contributed by atoms with van der Waals surface area (Å²) in [6.07, 6.45) is -0.665. The highest BCUT2D eigenvalue weighted by Crippen LogP contribution is 2.07. The maximum atomic E-state index is 12.0. The first-order valence-electron chi connectivity index (χ1n) is 7.95. The highest BCUT2D eigenvalue weighted by Gasteiger charge is 2.17. The van der Waals surface area contributed by atoms with Crippen molar-refractivity contribution in [2.24, 2.45) is 0 Å². The number of hydrogen-bond donors (Lipinski definition) is 2. The number of para-hydroxylation sites is 1. The number of aromatic amines is 1. The Balaban J connectivity index is 1.87. The van der Waals surface area contributed by atoms with Gasteiger partial charge in [-0.05, 0) is 19.1 Å². The van der Waals surface area contributed by atoms with Gasteiger partial charge in [0.2, 0.25) is 0 Å². The molecule has 1 aromatic carbocycles. The second kappa shape index (κ2) is 8.93. The summed E-state index contributed by atoms with van der Waals surface area (Å²) in [5, 5.41) is 3.08. The van der Waals surface area contributed by atoms with Crippen molar-refractivity contribution in [3.63, 3.8) is 0 Å². The molecule has 2 aromatic rings. The molecule has 0 saturated heterocycles. The Morgan fingerprint density at radius 1 is 1.32 bits per heavy atom. The van der Waals surface area contributed by atoms with E-state index in [0.717, 1.165) is 0 Å². The summed E-state index contributed by atoms with van der Waals surface area (Å²) in [6.45, 7) is 2.23. The van der Waals surface area contributed by atoms with Crippen LogP contribution in [0.2, 0.25) is 0 Å². The first kappa shape index (κ1) is 18.6. The average molecular weight is 347 g/mol. The summed E-state index contributed by atoms with van der Waals surface area (Å²) in [5.74, 6) is -0.523. The van der Waals surface area contributed by atoms with E-state index in [4.69, 9.17) is 9.47 Å². The summed E-state index contributed by atoms with van der Waals surface area (Å²) in [6, 6.07) is 6.97. The lowest BCUT2D eigenvalue weighted by Crippen LogP contribution is -2.37. The van der Waals surface area contributed by atoms with Gasteiger partial charge in [0.25, 0.3) is 11.5 Å². The van der Waals surface area contributed by atoms with Crippen LogP contribution in [0.5, 0.6) is 0 Å². The zero-order valence-corrected chi connectivity index (χ0v) is 14.2. The van der Waals surface area contributed by atoms with Crippen LogP contribution in [-0.2, 0) is 25.5 Å². The predicted octanol–water partition coefficient (Wildman–Crippen LogP) is 0.550. The lowest BCUT2D eigenvalue weighted by atomic mass is 10.2. The molecule has 0 radical (unpaired) electrons. The second-order valence-electron chi connectivity index (χ2n) is 5.45. The first-order chi connectivity index (χ1) is 12.0. The van der Waals surface area contributed by atoms with Gasteiger partial charge >= 0.3 is 5.97 Å². The number of methoxy groups -OCH3 is 1. The Hall–Kier alpha value is -2.74. The topological polar surface area (TPSA) is 110 Å². The van der Waals surface area contributed by atoms with Crippen LogP contribution in [0.25, 0.3) is 10.9 Å². The standard InChI is InChI=1S/C17H21N3O5/c1-11(16(22)18-9-10-24-2)25-15(21)8-7-14-19-13-6-4-3-5-12(13)17(23)20-14/h3-6,11H,7-10H2,1-2H3,(H,18,22)(H,19,20,23)/t11-/m0/s1. The Labute approximate surface area is 144 Å². The zero-order valence-electron chi connectivity index (χ0n) is 14.2. The number of H-pyrrole nitrogens is 1. The van der Waals surface area contributed by atoms with Crippen molar-refractivity contribution < 1.29 is 19.1 Å². The average Bonchev–Trinajstić information content (AvgIpc) is 2.60. The van der Waals surface area contributed by atoms with Crippen LogP contribution in [0.15, 0.2) is 29.1 Å². The van der Waals surface area contributed by atoms with Crippen molar-refractivity contribution in [1.82, 2.24) is 15.3 Å². The molecule has 134 valence electrons. The summed E-state index contributed by atoms with van der Waals surface area (Å²) in [7, 11) is 1.53. The van der Waals surface area contributed by atoms with Crippen molar-refractivity contribution in [3.8, 4) is 0 Å². The molecule has 0 spiro atoms. The van der Waals surface area contributed by atoms with Crippen molar-refractivity contribution in [1.29, 1.82) is 0 Å². The number of nitrogens with one attached hydrogen (secondary N) is 2. The van der Waals surface area contributed by atoms with Gasteiger partial charge in [-0.25, -0.2) is 4.98 Å². The Morgan fingerprint density at radius 3 is 2.84 bits per heavy atom. The normalized spacial score (nSPS) is 11.9. The molecule has 8 heteroatoms. The minimum Gasteiger partial charge on any atom is -0.453 e. The number of benzene rings is 1. The minimum absolute atomic E-state index is 0.0109. The number of esters is 1. The van der Waals surface area contributed by atoms with Crippen molar-refractivity contribution >= 4 is 22.8 Å². The molecule has 25 heavy (non-hydrogen) atoms. The highest BCUT2D eigenvalue weighted by molar-refractivity contribution is 5.83. The van der Waals surface area contributed by atoms with E-state index in [0.29, 0.717) is 29.9 Å². The van der Waals surface area contributed by atoms with Crippen LogP contribution in [-0.4, -0.2) is 48.2 Å². The van der Waals surface area contributed by atoms with Gasteiger partial charge < -0.3 is 19.8 Å². The number of carbonyl (C=O) groups is 2. The summed E-state index contributed by atoms with van der Waals surface area (Å²) in [5.41, 5.74) is 0.320. The summed E-state index contributed by atoms with van der Waals surface area (Å²) < 4.78 is 9.89. The maximum Gasteiger partial charge on any atom is 0.307 e. The first-order valence-corrected chi connectivity index (χ1v) is 7.95. The molecule has 1 aromatic heterocycles. The van der Waals surface area contributed by atoms with Gasteiger partial charge in [0.05, 0.1) is 23.9 Å². The fraction of sp³-hybridized carbons (Fsp3) is 0.412. The number of hydrogen-bond acceptors (Lipinski definition) is 6. The quantitative estimate of drug-likeness (QED) is 0.533. The number of carbonyl (C=O) groups excluding carboxylic acids is 2. The molecule has 1 atom stereocenters. The van der Waals surface area contributed by atoms with E-state index in [1.54, 1.807) is 24.3 Å². The molecule has 0 aliphatic heterocycles.